The number of rotatable bonds is 4. The van der Waals surface area contributed by atoms with Crippen molar-refractivity contribution in [3.8, 4) is 0 Å². The van der Waals surface area contributed by atoms with Gasteiger partial charge in [0.05, 0.1) is 0 Å². The highest BCUT2D eigenvalue weighted by atomic mass is 35.5. The molecule has 0 aromatic rings. The summed E-state index contributed by atoms with van der Waals surface area (Å²) in [4.78, 5) is 11.1. The predicted molar refractivity (Wildman–Crippen MR) is 46.1 cm³/mol. The molecule has 0 fully saturated rings. The van der Waals surface area contributed by atoms with Crippen molar-refractivity contribution in [3.05, 3.63) is 0 Å². The normalized spacial score (nSPS) is 14.1. The number of methoxy groups -OCH3 is 2. The molecule has 0 aliphatic heterocycles. The molecule has 1 unspecified atom stereocenters. The van der Waals surface area contributed by atoms with Gasteiger partial charge in [-0.05, 0) is 6.92 Å². The van der Waals surface area contributed by atoms with Gasteiger partial charge in [-0.25, -0.2) is 0 Å². The van der Waals surface area contributed by atoms with Gasteiger partial charge in [0.15, 0.2) is 11.2 Å². The number of nitrogens with one attached hydrogen (secondary N) is 1. The van der Waals surface area contributed by atoms with E-state index in [4.69, 9.17) is 21.1 Å². The summed E-state index contributed by atoms with van der Waals surface area (Å²) in [6.45, 7) is 1.60. The molecule has 0 heterocycles. The molecule has 1 amide bonds. The molecule has 1 atom stereocenters. The van der Waals surface area contributed by atoms with Gasteiger partial charge in [0.25, 0.3) is 0 Å². The zero-order valence-electron chi connectivity index (χ0n) is 7.68. The van der Waals surface area contributed by atoms with E-state index >= 15 is 0 Å². The summed E-state index contributed by atoms with van der Waals surface area (Å²) < 4.78 is 9.91. The van der Waals surface area contributed by atoms with Gasteiger partial charge >= 0.3 is 0 Å². The SMILES string of the molecule is CNC(=O)C(Cl)C(C)(OC)OC. The van der Waals surface area contributed by atoms with Gasteiger partial charge < -0.3 is 14.8 Å². The van der Waals surface area contributed by atoms with Crippen molar-refractivity contribution >= 4 is 17.5 Å². The highest BCUT2D eigenvalue weighted by Crippen LogP contribution is 2.20. The van der Waals surface area contributed by atoms with Gasteiger partial charge in [0, 0.05) is 21.3 Å². The number of carbonyl (C=O) groups excluding carboxylic acids is 1. The number of halogens is 1. The molecular weight excluding hydrogens is 182 g/mol. The minimum atomic E-state index is -1.08. The first-order chi connectivity index (χ1) is 5.51. The molecule has 0 aromatic heterocycles. The molecule has 0 aliphatic carbocycles. The third-order valence-electron chi connectivity index (χ3n) is 1.75. The van der Waals surface area contributed by atoms with Crippen LogP contribution < -0.4 is 5.32 Å². The fraction of sp³-hybridized carbons (Fsp3) is 0.857. The van der Waals surface area contributed by atoms with Crippen LogP contribution in [0.4, 0.5) is 0 Å². The van der Waals surface area contributed by atoms with E-state index in [0.717, 1.165) is 0 Å². The lowest BCUT2D eigenvalue weighted by atomic mass is 10.2. The van der Waals surface area contributed by atoms with Gasteiger partial charge in [-0.15, -0.1) is 11.6 Å². The van der Waals surface area contributed by atoms with Gasteiger partial charge in [0.2, 0.25) is 5.91 Å². The van der Waals surface area contributed by atoms with Gasteiger partial charge in [0.1, 0.15) is 0 Å². The van der Waals surface area contributed by atoms with Gasteiger partial charge in [-0.1, -0.05) is 0 Å². The molecule has 0 aliphatic rings. The molecule has 1 N–H and O–H groups in total. The van der Waals surface area contributed by atoms with E-state index in [1.165, 1.54) is 21.3 Å². The third-order valence-corrected chi connectivity index (χ3v) is 2.34. The lowest BCUT2D eigenvalue weighted by Gasteiger charge is -2.29. The summed E-state index contributed by atoms with van der Waals surface area (Å²) >= 11 is 5.78. The summed E-state index contributed by atoms with van der Waals surface area (Å²) in [5, 5.41) is 1.54. The average Bonchev–Trinajstić information content (AvgIpc) is 2.14. The summed E-state index contributed by atoms with van der Waals surface area (Å²) in [6.07, 6.45) is 0. The maximum absolute atomic E-state index is 11.1. The van der Waals surface area contributed by atoms with Gasteiger partial charge in [-0.2, -0.15) is 0 Å². The molecule has 5 heteroatoms. The molecule has 0 spiro atoms. The minimum Gasteiger partial charge on any atom is -0.358 e. The van der Waals surface area contributed by atoms with Crippen LogP contribution in [0.15, 0.2) is 0 Å². The Balaban J connectivity index is 4.40. The smallest absolute Gasteiger partial charge is 0.243 e. The van der Waals surface area contributed by atoms with Crippen molar-refractivity contribution in [3.63, 3.8) is 0 Å². The van der Waals surface area contributed by atoms with Crippen LogP contribution in [0.1, 0.15) is 6.92 Å². The minimum absolute atomic E-state index is 0.331. The first kappa shape index (κ1) is 11.7. The second kappa shape index (κ2) is 4.64. The molecular formula is C7H14ClNO3. The molecule has 0 saturated heterocycles. The average molecular weight is 196 g/mol. The fourth-order valence-corrected chi connectivity index (χ4v) is 0.942. The predicted octanol–water partition coefficient (Wildman–Crippen LogP) is 0.349. The molecule has 0 radical (unpaired) electrons. The number of hydrogen-bond acceptors (Lipinski definition) is 3. The number of amides is 1. The van der Waals surface area contributed by atoms with Crippen LogP contribution in [-0.4, -0.2) is 38.3 Å². The second-order valence-electron chi connectivity index (χ2n) is 2.40. The Kier molecular flexibility index (Phi) is 4.52. The zero-order chi connectivity index (χ0) is 9.78. The second-order valence-corrected chi connectivity index (χ2v) is 2.84. The van der Waals surface area contributed by atoms with Crippen molar-refractivity contribution in [2.45, 2.75) is 18.1 Å². The molecule has 0 bridgehead atoms. The molecule has 72 valence electrons. The summed E-state index contributed by atoms with van der Waals surface area (Å²) in [5.41, 5.74) is 0. The van der Waals surface area contributed by atoms with E-state index in [0.29, 0.717) is 0 Å². The molecule has 0 aromatic carbocycles. The van der Waals surface area contributed by atoms with Crippen molar-refractivity contribution in [2.75, 3.05) is 21.3 Å². The maximum atomic E-state index is 11.1. The standard InChI is InChI=1S/C7H14ClNO3/c1-7(11-3,12-4)5(8)6(10)9-2/h5H,1-4H3,(H,9,10). The van der Waals surface area contributed by atoms with Crippen molar-refractivity contribution in [2.24, 2.45) is 0 Å². The Morgan fingerprint density at radius 2 is 1.92 bits per heavy atom. The Labute approximate surface area is 77.2 Å². The maximum Gasteiger partial charge on any atom is 0.243 e. The highest BCUT2D eigenvalue weighted by molar-refractivity contribution is 6.31. The Hall–Kier alpha value is -0.320. The lowest BCUT2D eigenvalue weighted by molar-refractivity contribution is -0.195. The van der Waals surface area contributed by atoms with E-state index in [9.17, 15) is 4.79 Å². The summed E-state index contributed by atoms with van der Waals surface area (Å²) in [5.74, 6) is -1.41. The number of carbonyl (C=O) groups is 1. The van der Waals surface area contributed by atoms with Crippen molar-refractivity contribution in [1.82, 2.24) is 5.32 Å². The van der Waals surface area contributed by atoms with Crippen LogP contribution in [0.25, 0.3) is 0 Å². The Bertz CT molecular complexity index is 159. The first-order valence-corrected chi connectivity index (χ1v) is 3.91. The van der Waals surface area contributed by atoms with E-state index in [-0.39, 0.29) is 5.91 Å². The van der Waals surface area contributed by atoms with E-state index < -0.39 is 11.2 Å². The van der Waals surface area contributed by atoms with E-state index in [2.05, 4.69) is 5.32 Å². The Morgan fingerprint density at radius 1 is 1.50 bits per heavy atom. The van der Waals surface area contributed by atoms with Crippen LogP contribution in [0.2, 0.25) is 0 Å². The molecule has 0 saturated carbocycles. The number of alkyl halides is 1. The van der Waals surface area contributed by atoms with Gasteiger partial charge in [-0.3, -0.25) is 4.79 Å². The summed E-state index contributed by atoms with van der Waals surface area (Å²) in [7, 11) is 4.37. The van der Waals surface area contributed by atoms with Crippen molar-refractivity contribution in [1.29, 1.82) is 0 Å². The third kappa shape index (κ3) is 2.33. The largest absolute Gasteiger partial charge is 0.358 e. The topological polar surface area (TPSA) is 47.6 Å². The summed E-state index contributed by atoms with van der Waals surface area (Å²) in [6, 6.07) is 0. The fourth-order valence-electron chi connectivity index (χ4n) is 0.655. The number of ether oxygens (including phenoxy) is 2. The quantitative estimate of drug-likeness (QED) is 0.520. The van der Waals surface area contributed by atoms with E-state index in [1.54, 1.807) is 6.92 Å². The molecule has 12 heavy (non-hydrogen) atoms. The van der Waals surface area contributed by atoms with Crippen LogP contribution in [-0.2, 0) is 14.3 Å². The molecule has 4 nitrogen and oxygen atoms in total. The number of hydrogen-bond donors (Lipinski definition) is 1. The van der Waals surface area contributed by atoms with Crippen LogP contribution >= 0.6 is 11.6 Å². The van der Waals surface area contributed by atoms with Crippen molar-refractivity contribution < 1.29 is 14.3 Å². The Morgan fingerprint density at radius 3 is 2.17 bits per heavy atom. The van der Waals surface area contributed by atoms with E-state index in [1.807, 2.05) is 0 Å². The monoisotopic (exact) mass is 195 g/mol. The highest BCUT2D eigenvalue weighted by Gasteiger charge is 2.37. The molecule has 0 rings (SSSR count). The zero-order valence-corrected chi connectivity index (χ0v) is 8.44. The first-order valence-electron chi connectivity index (χ1n) is 3.47. The van der Waals surface area contributed by atoms with Crippen LogP contribution in [0, 0.1) is 0 Å². The van der Waals surface area contributed by atoms with Crippen LogP contribution in [0.5, 0.6) is 0 Å². The lowest BCUT2D eigenvalue weighted by Crippen LogP contribution is -2.48. The van der Waals surface area contributed by atoms with Crippen LogP contribution in [0.3, 0.4) is 0 Å².